The first-order valence-electron chi connectivity index (χ1n) is 10.4. The van der Waals surface area contributed by atoms with Crippen LogP contribution in [0.3, 0.4) is 0 Å². The third kappa shape index (κ3) is 3.72. The number of nitrogens with zero attached hydrogens (tertiary/aromatic N) is 2. The van der Waals surface area contributed by atoms with E-state index in [0.29, 0.717) is 31.2 Å². The minimum Gasteiger partial charge on any atom is -0.384 e. The molecule has 2 aromatic rings. The number of halogens is 2. The van der Waals surface area contributed by atoms with Crippen LogP contribution in [-0.2, 0) is 10.4 Å². The molecule has 1 aromatic heterocycles. The van der Waals surface area contributed by atoms with Gasteiger partial charge in [-0.3, -0.25) is 9.78 Å². The van der Waals surface area contributed by atoms with E-state index in [1.807, 2.05) is 30.9 Å². The van der Waals surface area contributed by atoms with E-state index in [9.17, 15) is 14.3 Å². The number of piperidine rings is 1. The van der Waals surface area contributed by atoms with E-state index < -0.39 is 5.60 Å². The SMILES string of the molecule is C[C@@H]1CN(C(=O)[C@@H]2CNC[C@H]2c2ccc(F)cn2)C[C@H](C)[C@]1(O)c1ccc(Cl)cc1. The molecule has 0 unspecified atom stereocenters. The molecule has 2 N–H and O–H groups in total. The molecule has 5 nitrogen and oxygen atoms in total. The lowest BCUT2D eigenvalue weighted by atomic mass is 9.70. The van der Waals surface area contributed by atoms with Crippen molar-refractivity contribution in [3.8, 4) is 0 Å². The summed E-state index contributed by atoms with van der Waals surface area (Å²) in [5.41, 5.74) is 0.540. The highest BCUT2D eigenvalue weighted by molar-refractivity contribution is 6.30. The minimum absolute atomic E-state index is 0.0629. The average Bonchev–Trinajstić information content (AvgIpc) is 3.22. The Morgan fingerprint density at radius 1 is 1.17 bits per heavy atom. The van der Waals surface area contributed by atoms with Gasteiger partial charge in [0, 0.05) is 54.6 Å². The smallest absolute Gasteiger partial charge is 0.227 e. The number of hydrogen-bond donors (Lipinski definition) is 2. The molecule has 0 spiro atoms. The van der Waals surface area contributed by atoms with Crippen LogP contribution in [0.15, 0.2) is 42.6 Å². The van der Waals surface area contributed by atoms with Gasteiger partial charge >= 0.3 is 0 Å². The van der Waals surface area contributed by atoms with Crippen molar-refractivity contribution in [1.82, 2.24) is 15.2 Å². The third-order valence-corrected chi connectivity index (χ3v) is 7.02. The standard InChI is InChI=1S/C23H27ClFN3O2/c1-14-12-28(13-15(2)23(14,30)16-3-5-17(24)6-4-16)22(29)20-11-26-10-19(20)21-8-7-18(25)9-27-21/h3-9,14-15,19-20,26,30H,10-13H2,1-2H3/t14-,15+,19-,20-,23+/m1/s1. The van der Waals surface area contributed by atoms with Crippen LogP contribution in [-0.4, -0.2) is 47.1 Å². The van der Waals surface area contributed by atoms with Crippen molar-refractivity contribution < 1.29 is 14.3 Å². The van der Waals surface area contributed by atoms with Gasteiger partial charge in [0.25, 0.3) is 0 Å². The first-order valence-corrected chi connectivity index (χ1v) is 10.8. The molecule has 0 saturated carbocycles. The molecule has 7 heteroatoms. The predicted octanol–water partition coefficient (Wildman–Crippen LogP) is 3.18. The molecule has 2 saturated heterocycles. The van der Waals surface area contributed by atoms with E-state index in [4.69, 9.17) is 11.6 Å². The number of aromatic nitrogens is 1. The molecule has 2 aliphatic heterocycles. The number of aliphatic hydroxyl groups is 1. The summed E-state index contributed by atoms with van der Waals surface area (Å²) < 4.78 is 13.3. The van der Waals surface area contributed by atoms with Crippen molar-refractivity contribution in [2.45, 2.75) is 25.4 Å². The molecule has 4 rings (SSSR count). The van der Waals surface area contributed by atoms with Crippen LogP contribution in [0.2, 0.25) is 5.02 Å². The molecule has 2 aliphatic rings. The Bertz CT molecular complexity index is 894. The molecule has 1 aromatic carbocycles. The summed E-state index contributed by atoms with van der Waals surface area (Å²) in [5.74, 6) is -0.920. The normalized spacial score (nSPS) is 31.7. The van der Waals surface area contributed by atoms with Crippen LogP contribution < -0.4 is 5.32 Å². The van der Waals surface area contributed by atoms with Gasteiger partial charge < -0.3 is 15.3 Å². The van der Waals surface area contributed by atoms with Crippen LogP contribution in [0.1, 0.15) is 31.0 Å². The quantitative estimate of drug-likeness (QED) is 0.783. The van der Waals surface area contributed by atoms with Gasteiger partial charge in [-0.2, -0.15) is 0 Å². The molecular weight excluding hydrogens is 405 g/mol. The Balaban J connectivity index is 1.52. The van der Waals surface area contributed by atoms with E-state index >= 15 is 0 Å². The van der Waals surface area contributed by atoms with E-state index in [0.717, 1.165) is 11.3 Å². The Morgan fingerprint density at radius 3 is 2.43 bits per heavy atom. The Kier molecular flexibility index (Phi) is 5.84. The van der Waals surface area contributed by atoms with Gasteiger partial charge in [-0.1, -0.05) is 37.6 Å². The number of amides is 1. The minimum atomic E-state index is -1.02. The maximum Gasteiger partial charge on any atom is 0.227 e. The van der Waals surface area contributed by atoms with Crippen molar-refractivity contribution in [2.75, 3.05) is 26.2 Å². The lowest BCUT2D eigenvalue weighted by Crippen LogP contribution is -2.57. The van der Waals surface area contributed by atoms with Crippen LogP contribution in [0.4, 0.5) is 4.39 Å². The lowest BCUT2D eigenvalue weighted by molar-refractivity contribution is -0.152. The predicted molar refractivity (Wildman–Crippen MR) is 114 cm³/mol. The monoisotopic (exact) mass is 431 g/mol. The molecule has 3 heterocycles. The second kappa shape index (κ2) is 8.25. The number of carbonyl (C=O) groups is 1. The molecular formula is C23H27ClFN3O2. The van der Waals surface area contributed by atoms with Crippen molar-refractivity contribution in [3.63, 3.8) is 0 Å². The van der Waals surface area contributed by atoms with Crippen LogP contribution in [0.25, 0.3) is 0 Å². The molecule has 1 amide bonds. The highest BCUT2D eigenvalue weighted by atomic mass is 35.5. The number of pyridine rings is 1. The van der Waals surface area contributed by atoms with Gasteiger partial charge in [-0.15, -0.1) is 0 Å². The lowest BCUT2D eigenvalue weighted by Gasteiger charge is -2.48. The fraction of sp³-hybridized carbons (Fsp3) is 0.478. The van der Waals surface area contributed by atoms with Crippen LogP contribution >= 0.6 is 11.6 Å². The number of carbonyl (C=O) groups excluding carboxylic acids is 1. The molecule has 5 atom stereocenters. The Labute approximate surface area is 181 Å². The first-order chi connectivity index (χ1) is 14.3. The average molecular weight is 432 g/mol. The highest BCUT2D eigenvalue weighted by Crippen LogP contribution is 2.42. The zero-order valence-electron chi connectivity index (χ0n) is 17.2. The number of benzene rings is 1. The number of likely N-dealkylation sites (tertiary alicyclic amines) is 1. The molecule has 0 aliphatic carbocycles. The zero-order chi connectivity index (χ0) is 21.5. The largest absolute Gasteiger partial charge is 0.384 e. The summed E-state index contributed by atoms with van der Waals surface area (Å²) in [7, 11) is 0. The van der Waals surface area contributed by atoms with Crippen LogP contribution in [0.5, 0.6) is 0 Å². The highest BCUT2D eigenvalue weighted by Gasteiger charge is 2.48. The maximum absolute atomic E-state index is 13.4. The van der Waals surface area contributed by atoms with E-state index in [1.165, 1.54) is 12.3 Å². The van der Waals surface area contributed by atoms with Gasteiger partial charge in [0.15, 0.2) is 0 Å². The topological polar surface area (TPSA) is 65.5 Å². The fourth-order valence-corrected chi connectivity index (χ4v) is 5.18. The number of nitrogens with one attached hydrogen (secondary N) is 1. The third-order valence-electron chi connectivity index (χ3n) is 6.77. The van der Waals surface area contributed by atoms with Gasteiger partial charge in [0.2, 0.25) is 5.91 Å². The van der Waals surface area contributed by atoms with Crippen molar-refractivity contribution in [1.29, 1.82) is 0 Å². The van der Waals surface area contributed by atoms with Crippen molar-refractivity contribution in [2.24, 2.45) is 17.8 Å². The van der Waals surface area contributed by atoms with E-state index in [2.05, 4.69) is 10.3 Å². The van der Waals surface area contributed by atoms with Gasteiger partial charge in [0.1, 0.15) is 5.82 Å². The summed E-state index contributed by atoms with van der Waals surface area (Å²) in [6.45, 7) is 6.13. The summed E-state index contributed by atoms with van der Waals surface area (Å²) in [6.07, 6.45) is 1.20. The second-order valence-electron chi connectivity index (χ2n) is 8.65. The second-order valence-corrected chi connectivity index (χ2v) is 9.09. The summed E-state index contributed by atoms with van der Waals surface area (Å²) in [4.78, 5) is 19.5. The Morgan fingerprint density at radius 2 is 1.83 bits per heavy atom. The van der Waals surface area contributed by atoms with Gasteiger partial charge in [-0.25, -0.2) is 4.39 Å². The van der Waals surface area contributed by atoms with E-state index in [-0.39, 0.29) is 35.4 Å². The first kappa shape index (κ1) is 21.2. The van der Waals surface area contributed by atoms with Crippen LogP contribution in [0, 0.1) is 23.6 Å². The number of rotatable bonds is 3. The molecule has 30 heavy (non-hydrogen) atoms. The summed E-state index contributed by atoms with van der Waals surface area (Å²) >= 11 is 6.01. The summed E-state index contributed by atoms with van der Waals surface area (Å²) in [5, 5.41) is 15.5. The fourth-order valence-electron chi connectivity index (χ4n) is 5.06. The van der Waals surface area contributed by atoms with Crippen molar-refractivity contribution in [3.05, 3.63) is 64.7 Å². The Hall–Kier alpha value is -2.02. The van der Waals surface area contributed by atoms with Crippen molar-refractivity contribution >= 4 is 17.5 Å². The summed E-state index contributed by atoms with van der Waals surface area (Å²) in [6, 6.07) is 10.4. The van der Waals surface area contributed by atoms with Gasteiger partial charge in [-0.05, 0) is 29.8 Å². The van der Waals surface area contributed by atoms with E-state index in [1.54, 1.807) is 18.2 Å². The molecule has 160 valence electrons. The zero-order valence-corrected chi connectivity index (χ0v) is 17.9. The molecule has 0 radical (unpaired) electrons. The molecule has 0 bridgehead atoms. The van der Waals surface area contributed by atoms with Gasteiger partial charge in [0.05, 0.1) is 17.7 Å². The number of hydrogen-bond acceptors (Lipinski definition) is 4. The molecule has 2 fully saturated rings. The maximum atomic E-state index is 13.4.